The lowest BCUT2D eigenvalue weighted by Gasteiger charge is -2.33. The summed E-state index contributed by atoms with van der Waals surface area (Å²) < 4.78 is 37.4. The number of piperidine rings is 1. The molecule has 1 heterocycles. The molecule has 1 saturated heterocycles. The normalized spacial score (nSPS) is 19.3. The van der Waals surface area contributed by atoms with Crippen LogP contribution in [0.2, 0.25) is 0 Å². The minimum absolute atomic E-state index is 0.228. The molecule has 0 bridgehead atoms. The van der Waals surface area contributed by atoms with Crippen molar-refractivity contribution in [2.45, 2.75) is 44.9 Å². The van der Waals surface area contributed by atoms with Crippen LogP contribution < -0.4 is 0 Å². The number of aliphatic hydroxyl groups is 1. The number of benzene rings is 1. The fraction of sp³-hybridized carbons (Fsp3) is 0.647. The first-order valence-corrected chi connectivity index (χ1v) is 7.93. The van der Waals surface area contributed by atoms with Crippen molar-refractivity contribution < 1.29 is 18.3 Å². The van der Waals surface area contributed by atoms with Crippen LogP contribution in [0.25, 0.3) is 0 Å². The summed E-state index contributed by atoms with van der Waals surface area (Å²) >= 11 is 0. The molecule has 0 amide bonds. The Hall–Kier alpha value is -1.07. The number of aryl methyl sites for hydroxylation is 1. The van der Waals surface area contributed by atoms with Gasteiger partial charge in [0.25, 0.3) is 0 Å². The minimum atomic E-state index is -4.26. The largest absolute Gasteiger partial charge is 0.416 e. The van der Waals surface area contributed by atoms with Crippen LogP contribution in [-0.2, 0) is 12.6 Å². The molecule has 2 rings (SSSR count). The maximum Gasteiger partial charge on any atom is 0.416 e. The van der Waals surface area contributed by atoms with Crippen LogP contribution in [0, 0.1) is 5.92 Å². The Morgan fingerprint density at radius 3 is 2.27 bits per heavy atom. The van der Waals surface area contributed by atoms with Gasteiger partial charge in [-0.25, -0.2) is 0 Å². The highest BCUT2D eigenvalue weighted by atomic mass is 19.4. The van der Waals surface area contributed by atoms with Gasteiger partial charge in [-0.15, -0.1) is 0 Å². The van der Waals surface area contributed by atoms with Crippen molar-refractivity contribution in [2.75, 3.05) is 19.6 Å². The summed E-state index contributed by atoms with van der Waals surface area (Å²) in [7, 11) is 0. The van der Waals surface area contributed by atoms with E-state index in [1.807, 2.05) is 6.92 Å². The average Bonchev–Trinajstić information content (AvgIpc) is 2.47. The number of aliphatic hydroxyl groups excluding tert-OH is 1. The summed E-state index contributed by atoms with van der Waals surface area (Å²) in [5, 5.41) is 9.57. The summed E-state index contributed by atoms with van der Waals surface area (Å²) in [6.07, 6.45) is -0.684. The Bertz CT molecular complexity index is 448. The van der Waals surface area contributed by atoms with Crippen LogP contribution in [0.1, 0.15) is 37.3 Å². The molecule has 1 fully saturated rings. The van der Waals surface area contributed by atoms with E-state index in [9.17, 15) is 18.3 Å². The zero-order valence-corrected chi connectivity index (χ0v) is 12.9. The first-order chi connectivity index (χ1) is 10.4. The van der Waals surface area contributed by atoms with E-state index in [1.165, 1.54) is 0 Å². The molecule has 1 aromatic carbocycles. The van der Waals surface area contributed by atoms with Crippen LogP contribution in [0.4, 0.5) is 13.2 Å². The molecule has 0 saturated carbocycles. The van der Waals surface area contributed by atoms with Gasteiger partial charge >= 0.3 is 6.18 Å². The molecule has 1 aliphatic heterocycles. The number of hydrogen-bond acceptors (Lipinski definition) is 2. The summed E-state index contributed by atoms with van der Waals surface area (Å²) in [4.78, 5) is 2.38. The van der Waals surface area contributed by atoms with Gasteiger partial charge in [0.05, 0.1) is 11.7 Å². The smallest absolute Gasteiger partial charge is 0.393 e. The molecule has 22 heavy (non-hydrogen) atoms. The molecule has 0 radical (unpaired) electrons. The Morgan fingerprint density at radius 1 is 1.18 bits per heavy atom. The molecule has 1 N–H and O–H groups in total. The fourth-order valence-corrected chi connectivity index (χ4v) is 3.03. The topological polar surface area (TPSA) is 23.5 Å². The molecule has 1 unspecified atom stereocenters. The van der Waals surface area contributed by atoms with Crippen molar-refractivity contribution in [2.24, 2.45) is 5.92 Å². The van der Waals surface area contributed by atoms with Gasteiger partial charge in [0, 0.05) is 0 Å². The molecule has 2 nitrogen and oxygen atoms in total. The molecule has 1 aromatic rings. The number of halogens is 3. The summed E-state index contributed by atoms with van der Waals surface area (Å²) in [5.74, 6) is 0.408. The van der Waals surface area contributed by atoms with E-state index < -0.39 is 11.7 Å². The molecule has 5 heteroatoms. The molecule has 1 aliphatic rings. The molecule has 0 aromatic heterocycles. The van der Waals surface area contributed by atoms with Gasteiger partial charge in [-0.2, -0.15) is 13.2 Å². The number of hydrogen-bond donors (Lipinski definition) is 1. The third-order valence-electron chi connectivity index (χ3n) is 4.54. The molecule has 0 spiro atoms. The molecular weight excluding hydrogens is 291 g/mol. The number of alkyl halides is 3. The quantitative estimate of drug-likeness (QED) is 0.895. The summed E-state index contributed by atoms with van der Waals surface area (Å²) in [6.45, 7) is 4.82. The van der Waals surface area contributed by atoms with Gasteiger partial charge in [0.1, 0.15) is 0 Å². The van der Waals surface area contributed by atoms with E-state index in [2.05, 4.69) is 4.90 Å². The van der Waals surface area contributed by atoms with Gasteiger partial charge in [-0.1, -0.05) is 12.1 Å². The highest BCUT2D eigenvalue weighted by Crippen LogP contribution is 2.29. The van der Waals surface area contributed by atoms with Crippen LogP contribution in [0.5, 0.6) is 0 Å². The summed E-state index contributed by atoms with van der Waals surface area (Å²) in [5.41, 5.74) is 0.364. The van der Waals surface area contributed by atoms with Crippen LogP contribution in [-0.4, -0.2) is 35.7 Å². The molecule has 1 atom stereocenters. The predicted molar refractivity (Wildman–Crippen MR) is 80.6 cm³/mol. The third kappa shape index (κ3) is 4.99. The van der Waals surface area contributed by atoms with E-state index in [-0.39, 0.29) is 6.10 Å². The Morgan fingerprint density at radius 2 is 1.77 bits per heavy atom. The zero-order valence-electron chi connectivity index (χ0n) is 12.9. The number of nitrogens with zero attached hydrogens (tertiary/aromatic N) is 1. The standard InChI is InChI=1S/C17H24F3NO/c1-13(22)15-8-11-21(12-9-15)10-2-3-14-4-6-16(7-5-14)17(18,19)20/h4-7,13,15,22H,2-3,8-12H2,1H3. The SMILES string of the molecule is CC(O)C1CCN(CCCc2ccc(C(F)(F)F)cc2)CC1. The van der Waals surface area contributed by atoms with Gasteiger partial charge in [-0.3, -0.25) is 0 Å². The van der Waals surface area contributed by atoms with Crippen LogP contribution in [0.3, 0.4) is 0 Å². The van der Waals surface area contributed by atoms with Crippen LogP contribution in [0.15, 0.2) is 24.3 Å². The zero-order chi connectivity index (χ0) is 16.2. The van der Waals surface area contributed by atoms with Gasteiger partial charge in [-0.05, 0) is 75.9 Å². The van der Waals surface area contributed by atoms with E-state index >= 15 is 0 Å². The van der Waals surface area contributed by atoms with E-state index in [1.54, 1.807) is 12.1 Å². The molecule has 124 valence electrons. The maximum atomic E-state index is 12.5. The lowest BCUT2D eigenvalue weighted by Crippen LogP contribution is -2.37. The van der Waals surface area contributed by atoms with Crippen molar-refractivity contribution in [3.8, 4) is 0 Å². The van der Waals surface area contributed by atoms with Gasteiger partial charge < -0.3 is 10.0 Å². The van der Waals surface area contributed by atoms with E-state index in [0.29, 0.717) is 5.92 Å². The molecule has 0 aliphatic carbocycles. The van der Waals surface area contributed by atoms with Gasteiger partial charge in [0.15, 0.2) is 0 Å². The Balaban J connectivity index is 1.71. The van der Waals surface area contributed by atoms with Crippen molar-refractivity contribution >= 4 is 0 Å². The van der Waals surface area contributed by atoms with Crippen molar-refractivity contribution in [3.05, 3.63) is 35.4 Å². The minimum Gasteiger partial charge on any atom is -0.393 e. The lowest BCUT2D eigenvalue weighted by molar-refractivity contribution is -0.137. The lowest BCUT2D eigenvalue weighted by atomic mass is 9.92. The number of rotatable bonds is 5. The Kier molecular flexibility index (Phi) is 5.87. The van der Waals surface area contributed by atoms with Gasteiger partial charge in [0.2, 0.25) is 0 Å². The van der Waals surface area contributed by atoms with Crippen molar-refractivity contribution in [3.63, 3.8) is 0 Å². The summed E-state index contributed by atoms with van der Waals surface area (Å²) in [6, 6.07) is 5.46. The first kappa shape index (κ1) is 17.3. The van der Waals surface area contributed by atoms with E-state index in [4.69, 9.17) is 0 Å². The fourth-order valence-electron chi connectivity index (χ4n) is 3.03. The average molecular weight is 315 g/mol. The van der Waals surface area contributed by atoms with Crippen LogP contribution >= 0.6 is 0 Å². The second-order valence-electron chi connectivity index (χ2n) is 6.22. The number of likely N-dealkylation sites (tertiary alicyclic amines) is 1. The monoisotopic (exact) mass is 315 g/mol. The highest BCUT2D eigenvalue weighted by molar-refractivity contribution is 5.24. The second kappa shape index (κ2) is 7.47. The Labute approximate surface area is 129 Å². The maximum absolute atomic E-state index is 12.5. The predicted octanol–water partition coefficient (Wildman–Crippen LogP) is 3.73. The molecular formula is C17H24F3NO. The first-order valence-electron chi connectivity index (χ1n) is 7.93. The van der Waals surface area contributed by atoms with E-state index in [0.717, 1.165) is 63.0 Å². The highest BCUT2D eigenvalue weighted by Gasteiger charge is 2.29. The third-order valence-corrected chi connectivity index (χ3v) is 4.54. The van der Waals surface area contributed by atoms with Crippen molar-refractivity contribution in [1.82, 2.24) is 4.90 Å². The second-order valence-corrected chi connectivity index (χ2v) is 6.22. The van der Waals surface area contributed by atoms with Crippen molar-refractivity contribution in [1.29, 1.82) is 0 Å².